The molecule has 1 aliphatic heterocycles. The van der Waals surface area contributed by atoms with E-state index in [4.69, 9.17) is 9.84 Å². The Hall–Kier alpha value is -2.57. The van der Waals surface area contributed by atoms with Gasteiger partial charge in [-0.2, -0.15) is 0 Å². The second kappa shape index (κ2) is 9.05. The topological polar surface area (TPSA) is 87.2 Å². The molecule has 7 nitrogen and oxygen atoms in total. The third-order valence-corrected chi connectivity index (χ3v) is 4.34. The van der Waals surface area contributed by atoms with Crippen LogP contribution in [-0.4, -0.2) is 59.6 Å². The molecule has 2 rings (SSSR count). The number of hydrogen-bond donors (Lipinski definition) is 1. The summed E-state index contributed by atoms with van der Waals surface area (Å²) in [5, 5.41) is 8.69. The van der Waals surface area contributed by atoms with E-state index < -0.39 is 5.97 Å². The zero-order valence-corrected chi connectivity index (χ0v) is 14.4. The molecule has 2 amide bonds. The van der Waals surface area contributed by atoms with E-state index in [1.54, 1.807) is 11.9 Å². The maximum atomic E-state index is 12.3. The average Bonchev–Trinajstić information content (AvgIpc) is 2.64. The number of nitrogens with zero attached hydrogens (tertiary/aromatic N) is 2. The molecule has 136 valence electrons. The highest BCUT2D eigenvalue weighted by Gasteiger charge is 2.29. The van der Waals surface area contributed by atoms with Crippen LogP contribution in [0.1, 0.15) is 24.8 Å². The molecule has 0 saturated carbocycles. The first kappa shape index (κ1) is 18.8. The van der Waals surface area contributed by atoms with Gasteiger partial charge in [0.15, 0.2) is 0 Å². The minimum absolute atomic E-state index is 0.0569. The van der Waals surface area contributed by atoms with Crippen molar-refractivity contribution in [1.82, 2.24) is 9.80 Å². The van der Waals surface area contributed by atoms with Gasteiger partial charge < -0.3 is 19.6 Å². The summed E-state index contributed by atoms with van der Waals surface area (Å²) >= 11 is 0. The third-order valence-electron chi connectivity index (χ3n) is 4.34. The highest BCUT2D eigenvalue weighted by atomic mass is 16.6. The summed E-state index contributed by atoms with van der Waals surface area (Å²) in [4.78, 5) is 38.1. The highest BCUT2D eigenvalue weighted by molar-refractivity contribution is 5.79. The molecular weight excluding hydrogens is 324 g/mol. The number of likely N-dealkylation sites (tertiary alicyclic amines) is 1. The largest absolute Gasteiger partial charge is 0.481 e. The van der Waals surface area contributed by atoms with E-state index in [1.165, 1.54) is 4.90 Å². The molecule has 1 heterocycles. The van der Waals surface area contributed by atoms with Gasteiger partial charge in [-0.3, -0.25) is 9.59 Å². The Bertz CT molecular complexity index is 597. The van der Waals surface area contributed by atoms with Gasteiger partial charge in [0.25, 0.3) is 0 Å². The maximum absolute atomic E-state index is 12.3. The molecular formula is C18H24N2O5. The van der Waals surface area contributed by atoms with E-state index in [-0.39, 0.29) is 37.5 Å². The second-order valence-corrected chi connectivity index (χ2v) is 6.21. The fourth-order valence-electron chi connectivity index (χ4n) is 2.80. The summed E-state index contributed by atoms with van der Waals surface area (Å²) in [6, 6.07) is 9.47. The van der Waals surface area contributed by atoms with Crippen molar-refractivity contribution in [3.63, 3.8) is 0 Å². The SMILES string of the molecule is CN(CCC(=O)O)C(=O)C1CCN(C(=O)OCc2ccccc2)CC1. The van der Waals surface area contributed by atoms with Crippen molar-refractivity contribution in [3.8, 4) is 0 Å². The Balaban J connectivity index is 1.74. The lowest BCUT2D eigenvalue weighted by atomic mass is 9.95. The zero-order chi connectivity index (χ0) is 18.2. The van der Waals surface area contributed by atoms with Gasteiger partial charge in [0.1, 0.15) is 6.61 Å². The van der Waals surface area contributed by atoms with Crippen LogP contribution in [0, 0.1) is 5.92 Å². The monoisotopic (exact) mass is 348 g/mol. The molecule has 0 aliphatic carbocycles. The van der Waals surface area contributed by atoms with Gasteiger partial charge in [-0.1, -0.05) is 30.3 Å². The number of carboxylic acid groups (broad SMARTS) is 1. The van der Waals surface area contributed by atoms with Crippen molar-refractivity contribution in [2.45, 2.75) is 25.9 Å². The summed E-state index contributed by atoms with van der Waals surface area (Å²) in [5.41, 5.74) is 0.931. The number of rotatable bonds is 6. The molecule has 0 unspecified atom stereocenters. The number of hydrogen-bond acceptors (Lipinski definition) is 4. The zero-order valence-electron chi connectivity index (χ0n) is 14.4. The van der Waals surface area contributed by atoms with Crippen LogP contribution < -0.4 is 0 Å². The molecule has 1 aromatic rings. The molecule has 0 bridgehead atoms. The summed E-state index contributed by atoms with van der Waals surface area (Å²) in [6.45, 7) is 1.37. The number of carbonyl (C=O) groups excluding carboxylic acids is 2. The van der Waals surface area contributed by atoms with E-state index in [9.17, 15) is 14.4 Å². The fraction of sp³-hybridized carbons (Fsp3) is 0.500. The summed E-state index contributed by atoms with van der Waals surface area (Å²) in [6.07, 6.45) is 0.703. The Labute approximate surface area is 147 Å². The Kier molecular flexibility index (Phi) is 6.80. The number of carboxylic acids is 1. The number of piperidine rings is 1. The van der Waals surface area contributed by atoms with Crippen molar-refractivity contribution < 1.29 is 24.2 Å². The minimum Gasteiger partial charge on any atom is -0.481 e. The summed E-state index contributed by atoms with van der Waals surface area (Å²) < 4.78 is 5.30. The van der Waals surface area contributed by atoms with Crippen LogP contribution in [0.4, 0.5) is 4.79 Å². The molecule has 0 radical (unpaired) electrons. The van der Waals surface area contributed by atoms with E-state index in [0.29, 0.717) is 25.9 Å². The molecule has 1 N–H and O–H groups in total. The van der Waals surface area contributed by atoms with Crippen LogP contribution in [0.2, 0.25) is 0 Å². The first-order valence-corrected chi connectivity index (χ1v) is 8.39. The Morgan fingerprint density at radius 3 is 2.44 bits per heavy atom. The van der Waals surface area contributed by atoms with Gasteiger partial charge in [-0.05, 0) is 18.4 Å². The standard InChI is InChI=1S/C18H24N2O5/c1-19(10-9-16(21)22)17(23)15-7-11-20(12-8-15)18(24)25-13-14-5-3-2-4-6-14/h2-6,15H,7-13H2,1H3,(H,21,22). The first-order valence-electron chi connectivity index (χ1n) is 8.39. The first-order chi connectivity index (χ1) is 12.0. The number of aliphatic carboxylic acids is 1. The average molecular weight is 348 g/mol. The van der Waals surface area contributed by atoms with Crippen LogP contribution in [0.25, 0.3) is 0 Å². The predicted octanol–water partition coefficient (Wildman–Crippen LogP) is 1.97. The van der Waals surface area contributed by atoms with Crippen LogP contribution in [0.5, 0.6) is 0 Å². The van der Waals surface area contributed by atoms with E-state index in [2.05, 4.69) is 0 Å². The van der Waals surface area contributed by atoms with E-state index in [1.807, 2.05) is 30.3 Å². The van der Waals surface area contributed by atoms with Gasteiger partial charge in [-0.15, -0.1) is 0 Å². The van der Waals surface area contributed by atoms with Crippen molar-refractivity contribution in [3.05, 3.63) is 35.9 Å². The number of carbonyl (C=O) groups is 3. The quantitative estimate of drug-likeness (QED) is 0.849. The molecule has 0 atom stereocenters. The van der Waals surface area contributed by atoms with Crippen LogP contribution in [0.15, 0.2) is 30.3 Å². The molecule has 7 heteroatoms. The smallest absolute Gasteiger partial charge is 0.410 e. The molecule has 1 aromatic carbocycles. The number of benzene rings is 1. The van der Waals surface area contributed by atoms with Gasteiger partial charge >= 0.3 is 12.1 Å². The van der Waals surface area contributed by atoms with Gasteiger partial charge in [-0.25, -0.2) is 4.79 Å². The van der Waals surface area contributed by atoms with Gasteiger partial charge in [0, 0.05) is 32.6 Å². The fourth-order valence-corrected chi connectivity index (χ4v) is 2.80. The Morgan fingerprint density at radius 2 is 1.84 bits per heavy atom. The van der Waals surface area contributed by atoms with Crippen molar-refractivity contribution in [2.24, 2.45) is 5.92 Å². The van der Waals surface area contributed by atoms with E-state index >= 15 is 0 Å². The molecule has 1 fully saturated rings. The predicted molar refractivity (Wildman–Crippen MR) is 90.8 cm³/mol. The summed E-state index contributed by atoms with van der Waals surface area (Å²) in [5.74, 6) is -1.15. The summed E-state index contributed by atoms with van der Waals surface area (Å²) in [7, 11) is 1.62. The van der Waals surface area contributed by atoms with Crippen molar-refractivity contribution in [1.29, 1.82) is 0 Å². The maximum Gasteiger partial charge on any atom is 0.410 e. The highest BCUT2D eigenvalue weighted by Crippen LogP contribution is 2.20. The molecule has 25 heavy (non-hydrogen) atoms. The third kappa shape index (κ3) is 5.77. The lowest BCUT2D eigenvalue weighted by Crippen LogP contribution is -2.44. The van der Waals surface area contributed by atoms with E-state index in [0.717, 1.165) is 5.56 Å². The molecule has 1 saturated heterocycles. The van der Waals surface area contributed by atoms with Crippen LogP contribution >= 0.6 is 0 Å². The van der Waals surface area contributed by atoms with Crippen molar-refractivity contribution >= 4 is 18.0 Å². The minimum atomic E-state index is -0.921. The molecule has 0 aromatic heterocycles. The van der Waals surface area contributed by atoms with Crippen molar-refractivity contribution in [2.75, 3.05) is 26.7 Å². The Morgan fingerprint density at radius 1 is 1.20 bits per heavy atom. The van der Waals surface area contributed by atoms with Crippen LogP contribution in [-0.2, 0) is 20.9 Å². The number of ether oxygens (including phenoxy) is 1. The molecule has 1 aliphatic rings. The van der Waals surface area contributed by atoms with Gasteiger partial charge in [0.2, 0.25) is 5.91 Å². The van der Waals surface area contributed by atoms with Crippen LogP contribution in [0.3, 0.4) is 0 Å². The number of amides is 2. The molecule has 0 spiro atoms. The normalized spacial score (nSPS) is 14.8. The lowest BCUT2D eigenvalue weighted by molar-refractivity contribution is -0.139. The second-order valence-electron chi connectivity index (χ2n) is 6.21. The van der Waals surface area contributed by atoms with Gasteiger partial charge in [0.05, 0.1) is 6.42 Å². The lowest BCUT2D eigenvalue weighted by Gasteiger charge is -2.32.